The molecule has 21 heavy (non-hydrogen) atoms. The summed E-state index contributed by atoms with van der Waals surface area (Å²) in [6, 6.07) is 5.29. The smallest absolute Gasteiger partial charge is 0.329 e. The van der Waals surface area contributed by atoms with Gasteiger partial charge in [-0.05, 0) is 59.8 Å². The van der Waals surface area contributed by atoms with Crippen molar-refractivity contribution in [1.82, 2.24) is 4.90 Å². The number of benzene rings is 1. The number of nitrogens with zero attached hydrogens (tertiary/aromatic N) is 1. The summed E-state index contributed by atoms with van der Waals surface area (Å²) in [6.07, 6.45) is 1.62. The number of aryl methyl sites for hydroxylation is 1. The zero-order valence-corrected chi connectivity index (χ0v) is 13.7. The lowest BCUT2D eigenvalue weighted by Gasteiger charge is -2.33. The maximum absolute atomic E-state index is 12.5. The lowest BCUT2D eigenvalue weighted by molar-refractivity contribution is -0.148. The van der Waals surface area contributed by atoms with Crippen LogP contribution in [0.1, 0.15) is 31.7 Å². The molecular weight excluding hydrogens is 336 g/mol. The molecule has 1 aromatic carbocycles. The van der Waals surface area contributed by atoms with Crippen LogP contribution in [-0.4, -0.2) is 34.1 Å². The van der Waals surface area contributed by atoms with Gasteiger partial charge in [0.15, 0.2) is 0 Å². The second-order valence-electron chi connectivity index (χ2n) is 5.36. The summed E-state index contributed by atoms with van der Waals surface area (Å²) in [6.45, 7) is 4.21. The number of carbonyl (C=O) groups is 2. The Morgan fingerprint density at radius 1 is 1.48 bits per heavy atom. The Hall–Kier alpha value is -1.56. The Labute approximate surface area is 132 Å². The molecule has 0 bridgehead atoms. The SMILES string of the molecule is CCC1(C(=O)O)CCCN1C(=O)Nc1cc(C)ccc1Br. The summed E-state index contributed by atoms with van der Waals surface area (Å²) in [5.41, 5.74) is 0.595. The minimum absolute atomic E-state index is 0.358. The number of carbonyl (C=O) groups excluding carboxylic acids is 1. The number of rotatable bonds is 3. The number of nitrogens with one attached hydrogen (secondary N) is 1. The maximum Gasteiger partial charge on any atom is 0.329 e. The fraction of sp³-hybridized carbons (Fsp3) is 0.467. The molecule has 6 heteroatoms. The van der Waals surface area contributed by atoms with E-state index in [-0.39, 0.29) is 6.03 Å². The summed E-state index contributed by atoms with van der Waals surface area (Å²) >= 11 is 3.39. The zero-order valence-electron chi connectivity index (χ0n) is 12.1. The monoisotopic (exact) mass is 354 g/mol. The third kappa shape index (κ3) is 2.90. The van der Waals surface area contributed by atoms with E-state index in [1.165, 1.54) is 4.90 Å². The molecule has 1 aromatic rings. The lowest BCUT2D eigenvalue weighted by atomic mass is 9.93. The van der Waals surface area contributed by atoms with Crippen LogP contribution in [0.4, 0.5) is 10.5 Å². The van der Waals surface area contributed by atoms with Crippen molar-refractivity contribution in [3.63, 3.8) is 0 Å². The van der Waals surface area contributed by atoms with Gasteiger partial charge in [-0.15, -0.1) is 0 Å². The molecule has 2 amide bonds. The van der Waals surface area contributed by atoms with E-state index in [0.29, 0.717) is 31.5 Å². The van der Waals surface area contributed by atoms with Gasteiger partial charge in [0.1, 0.15) is 5.54 Å². The van der Waals surface area contributed by atoms with E-state index in [1.54, 1.807) is 0 Å². The topological polar surface area (TPSA) is 69.6 Å². The van der Waals surface area contributed by atoms with Crippen molar-refractivity contribution >= 4 is 33.6 Å². The van der Waals surface area contributed by atoms with Crippen molar-refractivity contribution in [3.05, 3.63) is 28.2 Å². The molecule has 0 radical (unpaired) electrons. The fourth-order valence-electron chi connectivity index (χ4n) is 2.83. The number of anilines is 1. The number of aliphatic carboxylic acids is 1. The summed E-state index contributed by atoms with van der Waals surface area (Å²) in [5.74, 6) is -0.930. The quantitative estimate of drug-likeness (QED) is 0.870. The third-order valence-electron chi connectivity index (χ3n) is 4.08. The van der Waals surface area contributed by atoms with E-state index in [4.69, 9.17) is 0 Å². The molecule has 1 fully saturated rings. The number of urea groups is 1. The molecule has 114 valence electrons. The number of amides is 2. The Morgan fingerprint density at radius 2 is 2.19 bits per heavy atom. The molecular formula is C15H19BrN2O3. The van der Waals surface area contributed by atoms with Gasteiger partial charge in [-0.1, -0.05) is 13.0 Å². The minimum Gasteiger partial charge on any atom is -0.479 e. The van der Waals surface area contributed by atoms with Gasteiger partial charge in [0.25, 0.3) is 0 Å². The fourth-order valence-corrected chi connectivity index (χ4v) is 3.18. The number of hydrogen-bond acceptors (Lipinski definition) is 2. The molecule has 1 heterocycles. The summed E-state index contributed by atoms with van der Waals surface area (Å²) in [4.78, 5) is 25.5. The maximum atomic E-state index is 12.5. The van der Waals surface area contributed by atoms with Gasteiger partial charge in [-0.25, -0.2) is 9.59 Å². The Bertz CT molecular complexity index is 576. The Kier molecular flexibility index (Phi) is 4.56. The largest absolute Gasteiger partial charge is 0.479 e. The zero-order chi connectivity index (χ0) is 15.6. The van der Waals surface area contributed by atoms with Crippen LogP contribution in [0.2, 0.25) is 0 Å². The van der Waals surface area contributed by atoms with Gasteiger partial charge >= 0.3 is 12.0 Å². The molecule has 1 aliphatic rings. The number of likely N-dealkylation sites (tertiary alicyclic amines) is 1. The van der Waals surface area contributed by atoms with Gasteiger partial charge in [-0.2, -0.15) is 0 Å². The van der Waals surface area contributed by atoms with Crippen molar-refractivity contribution in [2.24, 2.45) is 0 Å². The van der Waals surface area contributed by atoms with Crippen LogP contribution in [0.25, 0.3) is 0 Å². The lowest BCUT2D eigenvalue weighted by Crippen LogP contribution is -2.54. The second kappa shape index (κ2) is 6.05. The first-order valence-corrected chi connectivity index (χ1v) is 7.78. The van der Waals surface area contributed by atoms with E-state index in [2.05, 4.69) is 21.2 Å². The normalized spacial score (nSPS) is 21.4. The molecule has 1 unspecified atom stereocenters. The summed E-state index contributed by atoms with van der Waals surface area (Å²) in [5, 5.41) is 12.3. The molecule has 1 atom stereocenters. The van der Waals surface area contributed by atoms with Gasteiger partial charge < -0.3 is 15.3 Å². The van der Waals surface area contributed by atoms with Crippen molar-refractivity contribution < 1.29 is 14.7 Å². The van der Waals surface area contributed by atoms with Crippen LogP contribution in [0.5, 0.6) is 0 Å². The van der Waals surface area contributed by atoms with Crippen LogP contribution in [0.15, 0.2) is 22.7 Å². The first-order valence-electron chi connectivity index (χ1n) is 6.99. The van der Waals surface area contributed by atoms with Crippen LogP contribution in [0.3, 0.4) is 0 Å². The average molecular weight is 355 g/mol. The molecule has 0 saturated carbocycles. The molecule has 1 aliphatic heterocycles. The Balaban J connectivity index is 2.23. The van der Waals surface area contributed by atoms with E-state index in [1.807, 2.05) is 32.0 Å². The van der Waals surface area contributed by atoms with Crippen LogP contribution in [0, 0.1) is 6.92 Å². The number of hydrogen-bond donors (Lipinski definition) is 2. The van der Waals surface area contributed by atoms with Crippen molar-refractivity contribution in [2.45, 2.75) is 38.6 Å². The van der Waals surface area contributed by atoms with E-state index in [0.717, 1.165) is 10.0 Å². The van der Waals surface area contributed by atoms with Crippen LogP contribution < -0.4 is 5.32 Å². The molecule has 0 aliphatic carbocycles. The van der Waals surface area contributed by atoms with Gasteiger partial charge in [0, 0.05) is 11.0 Å². The second-order valence-corrected chi connectivity index (χ2v) is 6.21. The van der Waals surface area contributed by atoms with E-state index in [9.17, 15) is 14.7 Å². The predicted molar refractivity (Wildman–Crippen MR) is 84.5 cm³/mol. The number of carboxylic acids is 1. The van der Waals surface area contributed by atoms with Gasteiger partial charge in [0.05, 0.1) is 5.69 Å². The first-order chi connectivity index (χ1) is 9.90. The highest BCUT2D eigenvalue weighted by atomic mass is 79.9. The molecule has 0 spiro atoms. The number of halogens is 1. The molecule has 2 N–H and O–H groups in total. The molecule has 5 nitrogen and oxygen atoms in total. The highest BCUT2D eigenvalue weighted by molar-refractivity contribution is 9.10. The average Bonchev–Trinajstić information content (AvgIpc) is 2.88. The Morgan fingerprint density at radius 3 is 2.81 bits per heavy atom. The van der Waals surface area contributed by atoms with Gasteiger partial charge in [-0.3, -0.25) is 0 Å². The predicted octanol–water partition coefficient (Wildman–Crippen LogP) is 3.62. The highest BCUT2D eigenvalue weighted by Crippen LogP contribution is 2.34. The molecule has 1 saturated heterocycles. The van der Waals surface area contributed by atoms with Crippen molar-refractivity contribution in [3.8, 4) is 0 Å². The van der Waals surface area contributed by atoms with Gasteiger partial charge in [0.2, 0.25) is 0 Å². The highest BCUT2D eigenvalue weighted by Gasteiger charge is 2.48. The molecule has 2 rings (SSSR count). The molecule has 0 aromatic heterocycles. The third-order valence-corrected chi connectivity index (χ3v) is 4.77. The van der Waals surface area contributed by atoms with E-state index >= 15 is 0 Å². The first kappa shape index (κ1) is 15.8. The summed E-state index contributed by atoms with van der Waals surface area (Å²) < 4.78 is 0.776. The number of carboxylic acid groups (broad SMARTS) is 1. The van der Waals surface area contributed by atoms with Crippen LogP contribution >= 0.6 is 15.9 Å². The standard InChI is InChI=1S/C15H19BrN2O3/c1-3-15(13(19)20)7-4-8-18(15)14(21)17-12-9-10(2)5-6-11(12)16/h5-6,9H,3-4,7-8H2,1-2H3,(H,17,21)(H,19,20). The van der Waals surface area contributed by atoms with E-state index < -0.39 is 11.5 Å². The van der Waals surface area contributed by atoms with Crippen LogP contribution in [-0.2, 0) is 4.79 Å². The van der Waals surface area contributed by atoms with Crippen molar-refractivity contribution in [2.75, 3.05) is 11.9 Å². The minimum atomic E-state index is -1.08. The summed E-state index contributed by atoms with van der Waals surface area (Å²) in [7, 11) is 0. The van der Waals surface area contributed by atoms with Crippen molar-refractivity contribution in [1.29, 1.82) is 0 Å².